The summed E-state index contributed by atoms with van der Waals surface area (Å²) in [6.45, 7) is 0.844. The van der Waals surface area contributed by atoms with E-state index in [1.165, 1.54) is 5.56 Å². The number of fused-ring (bicyclic) bond motifs is 1. The lowest BCUT2D eigenvalue weighted by Crippen LogP contribution is -2.42. The standard InChI is InChI=1S/C28H32Cl2N2O3/c1-31-24-14-13-22(30)17-23(24)26(27(33)32-15-7-10-20(18-32)28(34)35)25(31)12-5-3-2-4-8-19-9-6-11-21(29)16-19/h6,9,11,13-14,16-17,20H,2-5,7-8,10,12,15,18H2,1H3,(H,34,35)/t20-/m0/s1. The zero-order valence-corrected chi connectivity index (χ0v) is 21.6. The second kappa shape index (κ2) is 11.5. The van der Waals surface area contributed by atoms with Crippen molar-refractivity contribution in [3.05, 3.63) is 69.3 Å². The summed E-state index contributed by atoms with van der Waals surface area (Å²) in [6, 6.07) is 13.7. The fraction of sp³-hybridized carbons (Fsp3) is 0.429. The van der Waals surface area contributed by atoms with Crippen molar-refractivity contribution in [2.45, 2.75) is 51.4 Å². The molecule has 2 aromatic carbocycles. The molecule has 1 atom stereocenters. The first-order valence-corrected chi connectivity index (χ1v) is 13.1. The molecule has 3 aromatic rings. The van der Waals surface area contributed by atoms with E-state index in [0.717, 1.165) is 60.1 Å². The largest absolute Gasteiger partial charge is 0.481 e. The van der Waals surface area contributed by atoms with Crippen LogP contribution in [0.4, 0.5) is 0 Å². The van der Waals surface area contributed by atoms with Crippen LogP contribution in [0.5, 0.6) is 0 Å². The molecule has 1 aromatic heterocycles. The molecule has 1 aliphatic rings. The molecule has 5 nitrogen and oxygen atoms in total. The molecule has 1 aliphatic heterocycles. The van der Waals surface area contributed by atoms with Gasteiger partial charge in [0.05, 0.1) is 11.5 Å². The van der Waals surface area contributed by atoms with Gasteiger partial charge in [-0.1, -0.05) is 48.2 Å². The molecule has 0 aliphatic carbocycles. The van der Waals surface area contributed by atoms with Crippen LogP contribution >= 0.6 is 23.2 Å². The van der Waals surface area contributed by atoms with E-state index in [-0.39, 0.29) is 12.5 Å². The summed E-state index contributed by atoms with van der Waals surface area (Å²) < 4.78 is 2.10. The molecule has 2 heterocycles. The van der Waals surface area contributed by atoms with Crippen molar-refractivity contribution in [3.8, 4) is 0 Å². The Morgan fingerprint density at radius 2 is 1.74 bits per heavy atom. The molecule has 7 heteroatoms. The van der Waals surface area contributed by atoms with E-state index in [0.29, 0.717) is 30.0 Å². The summed E-state index contributed by atoms with van der Waals surface area (Å²) in [4.78, 5) is 27.0. The number of aromatic nitrogens is 1. The predicted molar refractivity (Wildman–Crippen MR) is 142 cm³/mol. The van der Waals surface area contributed by atoms with E-state index in [4.69, 9.17) is 23.2 Å². The number of piperidine rings is 1. The first-order chi connectivity index (χ1) is 16.8. The van der Waals surface area contributed by atoms with Crippen LogP contribution in [0.25, 0.3) is 10.9 Å². The van der Waals surface area contributed by atoms with E-state index >= 15 is 0 Å². The summed E-state index contributed by atoms with van der Waals surface area (Å²) in [5.74, 6) is -1.42. The van der Waals surface area contributed by atoms with Gasteiger partial charge in [-0.25, -0.2) is 0 Å². The number of hydrogen-bond donors (Lipinski definition) is 1. The quantitative estimate of drug-likeness (QED) is 0.320. The molecule has 0 bridgehead atoms. The van der Waals surface area contributed by atoms with Crippen molar-refractivity contribution in [2.75, 3.05) is 13.1 Å². The Bertz CT molecular complexity index is 1220. The SMILES string of the molecule is Cn1c(CCCCCCc2cccc(Cl)c2)c(C(=O)N2CCC[C@H](C(=O)O)C2)c2cc(Cl)ccc21. The molecule has 1 N–H and O–H groups in total. The number of carbonyl (C=O) groups excluding carboxylic acids is 1. The van der Waals surface area contributed by atoms with Crippen LogP contribution in [0.1, 0.15) is 60.1 Å². The summed E-state index contributed by atoms with van der Waals surface area (Å²) in [6.07, 6.45) is 7.37. The summed E-state index contributed by atoms with van der Waals surface area (Å²) in [7, 11) is 2.00. The van der Waals surface area contributed by atoms with Crippen LogP contribution in [-0.4, -0.2) is 39.5 Å². The van der Waals surface area contributed by atoms with Crippen LogP contribution in [0.15, 0.2) is 42.5 Å². The molecular weight excluding hydrogens is 483 g/mol. The Morgan fingerprint density at radius 3 is 2.49 bits per heavy atom. The molecule has 1 fully saturated rings. The van der Waals surface area contributed by atoms with Crippen molar-refractivity contribution < 1.29 is 14.7 Å². The van der Waals surface area contributed by atoms with Gasteiger partial charge in [0, 0.05) is 46.8 Å². The highest BCUT2D eigenvalue weighted by atomic mass is 35.5. The molecule has 0 saturated carbocycles. The number of nitrogens with zero attached hydrogens (tertiary/aromatic N) is 2. The van der Waals surface area contributed by atoms with Crippen molar-refractivity contribution in [3.63, 3.8) is 0 Å². The molecule has 0 spiro atoms. The lowest BCUT2D eigenvalue weighted by molar-refractivity contribution is -0.143. The molecule has 0 radical (unpaired) electrons. The van der Waals surface area contributed by atoms with E-state index < -0.39 is 11.9 Å². The van der Waals surface area contributed by atoms with Crippen molar-refractivity contribution in [2.24, 2.45) is 13.0 Å². The van der Waals surface area contributed by atoms with Crippen LogP contribution in [0, 0.1) is 5.92 Å². The first-order valence-electron chi connectivity index (χ1n) is 12.4. The Balaban J connectivity index is 1.47. The van der Waals surface area contributed by atoms with Gasteiger partial charge in [0.15, 0.2) is 0 Å². The maximum absolute atomic E-state index is 13.7. The Hall–Kier alpha value is -2.50. The summed E-state index contributed by atoms with van der Waals surface area (Å²) in [5.41, 5.74) is 3.91. The van der Waals surface area contributed by atoms with E-state index in [2.05, 4.69) is 10.6 Å². The third kappa shape index (κ3) is 6.02. The minimum atomic E-state index is -0.832. The van der Waals surface area contributed by atoms with Gasteiger partial charge in [-0.15, -0.1) is 0 Å². The number of halogens is 2. The number of hydrogen-bond acceptors (Lipinski definition) is 2. The predicted octanol–water partition coefficient (Wildman–Crippen LogP) is 6.77. The topological polar surface area (TPSA) is 62.5 Å². The zero-order valence-electron chi connectivity index (χ0n) is 20.1. The van der Waals surface area contributed by atoms with Crippen LogP contribution in [0.2, 0.25) is 10.0 Å². The summed E-state index contributed by atoms with van der Waals surface area (Å²) >= 11 is 12.4. The third-order valence-electron chi connectivity index (χ3n) is 7.07. The second-order valence-electron chi connectivity index (χ2n) is 9.51. The maximum atomic E-state index is 13.7. The number of benzene rings is 2. The van der Waals surface area contributed by atoms with Gasteiger partial charge >= 0.3 is 5.97 Å². The highest BCUT2D eigenvalue weighted by molar-refractivity contribution is 6.31. The highest BCUT2D eigenvalue weighted by Crippen LogP contribution is 2.31. The van der Waals surface area contributed by atoms with Crippen LogP contribution < -0.4 is 0 Å². The fourth-order valence-electron chi connectivity index (χ4n) is 5.19. The number of aliphatic carboxylic acids is 1. The minimum absolute atomic E-state index is 0.0835. The van der Waals surface area contributed by atoms with Gasteiger partial charge in [-0.05, 0) is 74.4 Å². The smallest absolute Gasteiger partial charge is 0.308 e. The Morgan fingerprint density at radius 1 is 1.00 bits per heavy atom. The molecule has 186 valence electrons. The number of carboxylic acids is 1. The fourth-order valence-corrected chi connectivity index (χ4v) is 5.57. The lowest BCUT2D eigenvalue weighted by atomic mass is 9.96. The normalized spacial score (nSPS) is 16.1. The number of likely N-dealkylation sites (tertiary alicyclic amines) is 1. The molecule has 35 heavy (non-hydrogen) atoms. The number of aryl methyl sites for hydroxylation is 2. The highest BCUT2D eigenvalue weighted by Gasteiger charge is 2.31. The number of carbonyl (C=O) groups is 2. The Labute approximate surface area is 216 Å². The van der Waals surface area contributed by atoms with E-state index in [1.807, 2.05) is 43.4 Å². The van der Waals surface area contributed by atoms with Gasteiger partial charge in [0.2, 0.25) is 0 Å². The van der Waals surface area contributed by atoms with E-state index in [9.17, 15) is 14.7 Å². The van der Waals surface area contributed by atoms with Crippen molar-refractivity contribution >= 4 is 46.0 Å². The number of unbranched alkanes of at least 4 members (excludes halogenated alkanes) is 3. The molecule has 1 amide bonds. The van der Waals surface area contributed by atoms with Crippen molar-refractivity contribution in [1.29, 1.82) is 0 Å². The molecule has 4 rings (SSSR count). The van der Waals surface area contributed by atoms with Gasteiger partial charge in [0.1, 0.15) is 0 Å². The monoisotopic (exact) mass is 514 g/mol. The maximum Gasteiger partial charge on any atom is 0.308 e. The van der Waals surface area contributed by atoms with Gasteiger partial charge in [-0.2, -0.15) is 0 Å². The average Bonchev–Trinajstić information content (AvgIpc) is 3.11. The summed E-state index contributed by atoms with van der Waals surface area (Å²) in [5, 5.41) is 11.7. The second-order valence-corrected chi connectivity index (χ2v) is 10.4. The number of carboxylic acid groups (broad SMARTS) is 1. The molecular formula is C28H32Cl2N2O3. The first kappa shape index (κ1) is 25.6. The molecule has 1 saturated heterocycles. The zero-order chi connectivity index (χ0) is 24.9. The molecule has 0 unspecified atom stereocenters. The van der Waals surface area contributed by atoms with Gasteiger partial charge in [0.25, 0.3) is 5.91 Å². The van der Waals surface area contributed by atoms with Crippen LogP contribution in [-0.2, 0) is 24.7 Å². The third-order valence-corrected chi connectivity index (χ3v) is 7.54. The number of rotatable bonds is 9. The van der Waals surface area contributed by atoms with E-state index in [1.54, 1.807) is 4.90 Å². The minimum Gasteiger partial charge on any atom is -0.481 e. The van der Waals surface area contributed by atoms with Gasteiger partial charge in [-0.3, -0.25) is 9.59 Å². The number of amides is 1. The van der Waals surface area contributed by atoms with Crippen LogP contribution in [0.3, 0.4) is 0 Å². The van der Waals surface area contributed by atoms with Crippen molar-refractivity contribution in [1.82, 2.24) is 9.47 Å². The average molecular weight is 515 g/mol. The van der Waals surface area contributed by atoms with Gasteiger partial charge < -0.3 is 14.6 Å². The Kier molecular flexibility index (Phi) is 8.40. The lowest BCUT2D eigenvalue weighted by Gasteiger charge is -2.31.